The molecule has 3 N–H and O–H groups in total. The summed E-state index contributed by atoms with van der Waals surface area (Å²) in [6.07, 6.45) is 6.11. The number of thiazole rings is 1. The maximum absolute atomic E-state index is 12.8. The number of benzene rings is 1. The van der Waals surface area contributed by atoms with Crippen LogP contribution in [-0.4, -0.2) is 40.7 Å². The molecule has 3 aromatic heterocycles. The molecule has 0 saturated heterocycles. The molecule has 4 heterocycles. The largest absolute Gasteiger partial charge is 0.402 e. The van der Waals surface area contributed by atoms with Crippen molar-refractivity contribution in [3.05, 3.63) is 87.4 Å². The molecule has 0 unspecified atom stereocenters. The second-order valence-corrected chi connectivity index (χ2v) is 10.2. The van der Waals surface area contributed by atoms with Gasteiger partial charge in [-0.1, -0.05) is 12.1 Å². The lowest BCUT2D eigenvalue weighted by Gasteiger charge is -2.30. The van der Waals surface area contributed by atoms with Crippen molar-refractivity contribution in [3.63, 3.8) is 0 Å². The Morgan fingerprint density at radius 1 is 1.22 bits per heavy atom. The SMILES string of the molecule is CN=C/C(=C(/C)N)c1cnc2c(c1)CN(c1ncc(C(=O)NCc3nc4ccccc4s3)cc1C)CC2. The summed E-state index contributed by atoms with van der Waals surface area (Å²) in [5.74, 6) is 0.716. The number of nitrogens with one attached hydrogen (secondary N) is 1. The number of amides is 1. The average Bonchev–Trinajstić information content (AvgIpc) is 3.32. The van der Waals surface area contributed by atoms with Gasteiger partial charge in [0.05, 0.1) is 22.3 Å². The number of rotatable bonds is 6. The number of anilines is 1. The van der Waals surface area contributed by atoms with Gasteiger partial charge in [-0.3, -0.25) is 14.8 Å². The molecule has 1 aliphatic heterocycles. The number of pyridine rings is 2. The highest BCUT2D eigenvalue weighted by atomic mass is 32.1. The molecule has 5 rings (SSSR count). The van der Waals surface area contributed by atoms with Crippen LogP contribution in [-0.2, 0) is 19.5 Å². The summed E-state index contributed by atoms with van der Waals surface area (Å²) in [5.41, 5.74) is 13.3. The van der Waals surface area contributed by atoms with Crippen LogP contribution in [0.3, 0.4) is 0 Å². The van der Waals surface area contributed by atoms with Crippen molar-refractivity contribution in [2.75, 3.05) is 18.5 Å². The van der Waals surface area contributed by atoms with Gasteiger partial charge in [0.25, 0.3) is 5.91 Å². The maximum Gasteiger partial charge on any atom is 0.253 e. The van der Waals surface area contributed by atoms with Gasteiger partial charge in [-0.25, -0.2) is 9.97 Å². The highest BCUT2D eigenvalue weighted by Gasteiger charge is 2.22. The second kappa shape index (κ2) is 10.5. The van der Waals surface area contributed by atoms with Crippen LogP contribution in [0.2, 0.25) is 0 Å². The zero-order valence-corrected chi connectivity index (χ0v) is 22.0. The number of para-hydroxylation sites is 1. The number of hydrogen-bond acceptors (Lipinski definition) is 8. The van der Waals surface area contributed by atoms with Crippen LogP contribution in [0.25, 0.3) is 15.8 Å². The predicted molar refractivity (Wildman–Crippen MR) is 150 cm³/mol. The van der Waals surface area contributed by atoms with Crippen molar-refractivity contribution >= 4 is 45.1 Å². The van der Waals surface area contributed by atoms with Gasteiger partial charge in [0.2, 0.25) is 0 Å². The lowest BCUT2D eigenvalue weighted by Crippen LogP contribution is -2.32. The molecule has 1 amide bonds. The number of nitrogens with two attached hydrogens (primary N) is 1. The van der Waals surface area contributed by atoms with Gasteiger partial charge in [-0.05, 0) is 49.2 Å². The molecule has 0 fully saturated rings. The third kappa shape index (κ3) is 5.22. The molecular formula is C28H29N7OS. The number of hydrogen-bond donors (Lipinski definition) is 2. The van der Waals surface area contributed by atoms with Crippen molar-refractivity contribution < 1.29 is 4.79 Å². The van der Waals surface area contributed by atoms with E-state index < -0.39 is 0 Å². The first-order valence-electron chi connectivity index (χ1n) is 12.1. The monoisotopic (exact) mass is 511 g/mol. The normalized spacial score (nSPS) is 14.1. The molecule has 9 heteroatoms. The van der Waals surface area contributed by atoms with E-state index in [0.29, 0.717) is 24.4 Å². The van der Waals surface area contributed by atoms with Gasteiger partial charge in [-0.2, -0.15) is 0 Å². The number of aromatic nitrogens is 3. The summed E-state index contributed by atoms with van der Waals surface area (Å²) < 4.78 is 1.11. The third-order valence-corrected chi connectivity index (χ3v) is 7.42. The smallest absolute Gasteiger partial charge is 0.253 e. The van der Waals surface area contributed by atoms with E-state index >= 15 is 0 Å². The minimum atomic E-state index is -0.159. The number of nitrogens with zero attached hydrogens (tertiary/aromatic N) is 5. The molecule has 8 nitrogen and oxygen atoms in total. The van der Waals surface area contributed by atoms with E-state index in [0.717, 1.165) is 62.0 Å². The van der Waals surface area contributed by atoms with Gasteiger partial charge in [0.15, 0.2) is 0 Å². The zero-order chi connectivity index (χ0) is 25.9. The Hall–Kier alpha value is -4.11. The fraction of sp³-hybridized carbons (Fsp3) is 0.250. The van der Waals surface area contributed by atoms with E-state index in [1.165, 1.54) is 0 Å². The molecule has 1 aliphatic rings. The van der Waals surface area contributed by atoms with E-state index in [1.54, 1.807) is 30.8 Å². The molecule has 0 spiro atoms. The number of carbonyl (C=O) groups is 1. The fourth-order valence-electron chi connectivity index (χ4n) is 4.56. The summed E-state index contributed by atoms with van der Waals surface area (Å²) in [6, 6.07) is 12.0. The quantitative estimate of drug-likeness (QED) is 0.374. The molecule has 0 radical (unpaired) electrons. The highest BCUT2D eigenvalue weighted by Crippen LogP contribution is 2.27. The van der Waals surface area contributed by atoms with Crippen molar-refractivity contribution in [2.45, 2.75) is 33.4 Å². The van der Waals surface area contributed by atoms with Crippen LogP contribution in [0, 0.1) is 6.92 Å². The Morgan fingerprint density at radius 2 is 2.03 bits per heavy atom. The van der Waals surface area contributed by atoms with Gasteiger partial charge in [-0.15, -0.1) is 11.3 Å². The van der Waals surface area contributed by atoms with E-state index in [4.69, 9.17) is 10.7 Å². The number of allylic oxidation sites excluding steroid dienone is 2. The lowest BCUT2D eigenvalue weighted by molar-refractivity contribution is 0.0950. The van der Waals surface area contributed by atoms with Gasteiger partial charge < -0.3 is 16.0 Å². The third-order valence-electron chi connectivity index (χ3n) is 6.38. The summed E-state index contributed by atoms with van der Waals surface area (Å²) in [5, 5.41) is 3.85. The van der Waals surface area contributed by atoms with E-state index in [9.17, 15) is 4.79 Å². The first-order valence-corrected chi connectivity index (χ1v) is 13.0. The van der Waals surface area contributed by atoms with Crippen LogP contribution in [0.4, 0.5) is 5.82 Å². The minimum absolute atomic E-state index is 0.159. The lowest BCUT2D eigenvalue weighted by atomic mass is 9.99. The molecule has 0 aliphatic carbocycles. The first-order chi connectivity index (χ1) is 17.9. The van der Waals surface area contributed by atoms with Gasteiger partial charge >= 0.3 is 0 Å². The summed E-state index contributed by atoms with van der Waals surface area (Å²) in [7, 11) is 1.73. The summed E-state index contributed by atoms with van der Waals surface area (Å²) >= 11 is 1.59. The molecule has 188 valence electrons. The van der Waals surface area contributed by atoms with Gasteiger partial charge in [0.1, 0.15) is 10.8 Å². The molecule has 0 saturated carbocycles. The van der Waals surface area contributed by atoms with Crippen LogP contribution >= 0.6 is 11.3 Å². The number of aliphatic imine (C=N–C) groups is 1. The second-order valence-electron chi connectivity index (χ2n) is 9.11. The van der Waals surface area contributed by atoms with Crippen molar-refractivity contribution in [1.82, 2.24) is 20.3 Å². The molecule has 4 aromatic rings. The number of fused-ring (bicyclic) bond motifs is 2. The number of carbonyl (C=O) groups excluding carboxylic acids is 1. The molecule has 0 bridgehead atoms. The summed E-state index contributed by atoms with van der Waals surface area (Å²) in [4.78, 5) is 33.2. The van der Waals surface area contributed by atoms with Crippen molar-refractivity contribution in [1.29, 1.82) is 0 Å². The fourth-order valence-corrected chi connectivity index (χ4v) is 5.47. The van der Waals surface area contributed by atoms with Crippen molar-refractivity contribution in [2.24, 2.45) is 10.7 Å². The first kappa shape index (κ1) is 24.6. The Kier molecular flexibility index (Phi) is 6.96. The molecule has 0 atom stereocenters. The molecule has 37 heavy (non-hydrogen) atoms. The Morgan fingerprint density at radius 3 is 2.78 bits per heavy atom. The number of aryl methyl sites for hydroxylation is 1. The standard InChI is InChI=1S/C28H29N7OS/c1-17-10-20(28(36)33-15-26-34-24-6-4-5-7-25(24)37-26)13-32-27(17)35-9-8-23-21(16-35)11-19(12-31-23)22(14-30-3)18(2)29/h4-7,10-14H,8-9,15-16,29H2,1-3H3,(H,33,36)/b22-18+,30-14?. The topological polar surface area (TPSA) is 109 Å². The molecular weight excluding hydrogens is 482 g/mol. The van der Waals surface area contributed by atoms with Crippen molar-refractivity contribution in [3.8, 4) is 0 Å². The molecule has 1 aromatic carbocycles. The van der Waals surface area contributed by atoms with Crippen LogP contribution in [0.1, 0.15) is 44.7 Å². The Balaban J connectivity index is 1.29. The Labute approximate surface area is 220 Å². The van der Waals surface area contributed by atoms with Crippen LogP contribution in [0.5, 0.6) is 0 Å². The minimum Gasteiger partial charge on any atom is -0.402 e. The zero-order valence-electron chi connectivity index (χ0n) is 21.2. The highest BCUT2D eigenvalue weighted by molar-refractivity contribution is 7.18. The maximum atomic E-state index is 12.8. The van der Waals surface area contributed by atoms with Crippen LogP contribution in [0.15, 0.2) is 59.5 Å². The van der Waals surface area contributed by atoms with E-state index in [2.05, 4.69) is 31.2 Å². The average molecular weight is 512 g/mol. The predicted octanol–water partition coefficient (Wildman–Crippen LogP) is 4.28. The Bertz CT molecular complexity index is 1500. The van der Waals surface area contributed by atoms with Gasteiger partial charge in [0, 0.05) is 67.7 Å². The van der Waals surface area contributed by atoms with Crippen LogP contribution < -0.4 is 16.0 Å². The van der Waals surface area contributed by atoms with E-state index in [1.807, 2.05) is 50.4 Å². The summed E-state index contributed by atoms with van der Waals surface area (Å²) in [6.45, 7) is 5.75. The van der Waals surface area contributed by atoms with E-state index in [-0.39, 0.29) is 5.91 Å².